The molecule has 1 heterocycles. The summed E-state index contributed by atoms with van der Waals surface area (Å²) in [5.41, 5.74) is 1.40. The summed E-state index contributed by atoms with van der Waals surface area (Å²) in [6.07, 6.45) is 27.6. The minimum Gasteiger partial charge on any atom is -0.394 e. The van der Waals surface area contributed by atoms with Crippen LogP contribution in [0.2, 0.25) is 0 Å². The fourth-order valence-electron chi connectivity index (χ4n) is 6.73. The van der Waals surface area contributed by atoms with Crippen molar-refractivity contribution in [2.45, 2.75) is 224 Å². The summed E-state index contributed by atoms with van der Waals surface area (Å²) in [5.74, 6) is -0.711. The van der Waals surface area contributed by atoms with Crippen LogP contribution in [0.4, 0.5) is 0 Å². The lowest BCUT2D eigenvalue weighted by Gasteiger charge is -2.40. The predicted octanol–water partition coefficient (Wildman–Crippen LogP) is 7.47. The fraction of sp³-hybridized carbons (Fsp3) is 0.841. The summed E-state index contributed by atoms with van der Waals surface area (Å²) in [6.45, 7) is 5.72. The van der Waals surface area contributed by atoms with Gasteiger partial charge >= 0.3 is 0 Å². The number of unbranched alkanes of at least 4 members (excludes halogenated alkanes) is 20. The van der Waals surface area contributed by atoms with Gasteiger partial charge in [0, 0.05) is 0 Å². The Morgan fingerprint density at radius 1 is 0.685 bits per heavy atom. The zero-order valence-electron chi connectivity index (χ0n) is 34.3. The van der Waals surface area contributed by atoms with E-state index < -0.39 is 61.5 Å². The van der Waals surface area contributed by atoms with Gasteiger partial charge in [-0.2, -0.15) is 0 Å². The molecular formula is C44H81NO9. The lowest BCUT2D eigenvalue weighted by molar-refractivity contribution is -0.302. The standard InChI is InChI=1S/C44H81NO9/c1-4-6-8-10-12-13-14-15-16-17-18-20-22-28-32-38(48)43(52)45-36(34-53-44-42(51)41(50)40(49)39(33-46)54-44)37(47)31-27-24-23-26-30-35(3)29-25-21-19-11-9-7-5-2/h27-28,30-32,36-42,44,46-51H,4-26,29,33-34H2,1-3H3,(H,45,52)/b31-27+,32-28+,35-30+/t36-,37+,38+,39+,40+,41-,42+,44+/m0/s1. The Morgan fingerprint density at radius 3 is 1.78 bits per heavy atom. The number of allylic oxidation sites excluding steroid dienone is 4. The van der Waals surface area contributed by atoms with Gasteiger partial charge in [0.2, 0.25) is 0 Å². The maximum atomic E-state index is 13.0. The highest BCUT2D eigenvalue weighted by atomic mass is 16.7. The van der Waals surface area contributed by atoms with Crippen LogP contribution in [0.25, 0.3) is 0 Å². The molecule has 0 radical (unpaired) electrons. The molecule has 54 heavy (non-hydrogen) atoms. The van der Waals surface area contributed by atoms with E-state index in [9.17, 15) is 35.4 Å². The zero-order chi connectivity index (χ0) is 39.8. The summed E-state index contributed by atoms with van der Waals surface area (Å²) in [6, 6.07) is -1.02. The second-order valence-electron chi connectivity index (χ2n) is 15.5. The van der Waals surface area contributed by atoms with Crippen LogP contribution in [-0.4, -0.2) is 98.7 Å². The normalized spacial score (nSPS) is 22.6. The lowest BCUT2D eigenvalue weighted by atomic mass is 9.99. The van der Waals surface area contributed by atoms with E-state index >= 15 is 0 Å². The van der Waals surface area contributed by atoms with Crippen molar-refractivity contribution in [2.24, 2.45) is 0 Å². The Morgan fingerprint density at radius 2 is 1.20 bits per heavy atom. The van der Waals surface area contributed by atoms with Crippen LogP contribution in [-0.2, 0) is 14.3 Å². The molecular weight excluding hydrogens is 686 g/mol. The molecule has 1 rings (SSSR count). The Balaban J connectivity index is 2.57. The van der Waals surface area contributed by atoms with Gasteiger partial charge in [0.15, 0.2) is 12.4 Å². The zero-order valence-corrected chi connectivity index (χ0v) is 34.3. The minimum absolute atomic E-state index is 0.338. The molecule has 0 spiro atoms. The van der Waals surface area contributed by atoms with Gasteiger partial charge in [-0.05, 0) is 51.9 Å². The van der Waals surface area contributed by atoms with Gasteiger partial charge in [-0.15, -0.1) is 0 Å². The maximum absolute atomic E-state index is 13.0. The molecule has 0 bridgehead atoms. The molecule has 0 aromatic carbocycles. The van der Waals surface area contributed by atoms with Crippen LogP contribution in [0.3, 0.4) is 0 Å². The molecule has 1 aliphatic rings. The quantitative estimate of drug-likeness (QED) is 0.0260. The van der Waals surface area contributed by atoms with Crippen LogP contribution in [0.1, 0.15) is 175 Å². The van der Waals surface area contributed by atoms with Crippen molar-refractivity contribution in [3.05, 3.63) is 36.0 Å². The molecule has 10 heteroatoms. The summed E-state index contributed by atoms with van der Waals surface area (Å²) in [4.78, 5) is 13.0. The summed E-state index contributed by atoms with van der Waals surface area (Å²) >= 11 is 0. The Labute approximate surface area is 328 Å². The van der Waals surface area contributed by atoms with E-state index in [-0.39, 0.29) is 6.61 Å². The number of aliphatic hydroxyl groups is 6. The number of ether oxygens (including phenoxy) is 2. The number of aliphatic hydroxyl groups excluding tert-OH is 6. The molecule has 316 valence electrons. The first-order valence-electron chi connectivity index (χ1n) is 21.7. The van der Waals surface area contributed by atoms with Crippen molar-refractivity contribution in [3.8, 4) is 0 Å². The number of carbonyl (C=O) groups is 1. The average Bonchev–Trinajstić information content (AvgIpc) is 3.16. The number of amides is 1. The van der Waals surface area contributed by atoms with Gasteiger partial charge in [0.25, 0.3) is 5.91 Å². The van der Waals surface area contributed by atoms with Gasteiger partial charge in [0.05, 0.1) is 25.4 Å². The van der Waals surface area contributed by atoms with Crippen molar-refractivity contribution in [3.63, 3.8) is 0 Å². The molecule has 0 aromatic rings. The number of hydrogen-bond acceptors (Lipinski definition) is 9. The highest BCUT2D eigenvalue weighted by Gasteiger charge is 2.44. The van der Waals surface area contributed by atoms with Crippen molar-refractivity contribution < 1.29 is 44.9 Å². The smallest absolute Gasteiger partial charge is 0.253 e. The van der Waals surface area contributed by atoms with Crippen molar-refractivity contribution >= 4 is 5.91 Å². The highest BCUT2D eigenvalue weighted by Crippen LogP contribution is 2.22. The Hall–Kier alpha value is -1.63. The predicted molar refractivity (Wildman–Crippen MR) is 218 cm³/mol. The van der Waals surface area contributed by atoms with E-state index in [0.717, 1.165) is 44.9 Å². The van der Waals surface area contributed by atoms with Crippen molar-refractivity contribution in [1.82, 2.24) is 5.32 Å². The molecule has 0 saturated carbocycles. The maximum Gasteiger partial charge on any atom is 0.253 e. The average molecular weight is 768 g/mol. The number of hydrogen-bond donors (Lipinski definition) is 7. The van der Waals surface area contributed by atoms with Gasteiger partial charge in [0.1, 0.15) is 24.4 Å². The van der Waals surface area contributed by atoms with Crippen LogP contribution in [0.15, 0.2) is 36.0 Å². The van der Waals surface area contributed by atoms with E-state index in [2.05, 4.69) is 32.2 Å². The molecule has 0 aliphatic carbocycles. The summed E-state index contributed by atoms with van der Waals surface area (Å²) < 4.78 is 11.1. The first kappa shape index (κ1) is 50.4. The second kappa shape index (κ2) is 33.5. The highest BCUT2D eigenvalue weighted by molar-refractivity contribution is 5.82. The van der Waals surface area contributed by atoms with Crippen LogP contribution in [0.5, 0.6) is 0 Å². The molecule has 1 fully saturated rings. The first-order valence-corrected chi connectivity index (χ1v) is 21.7. The first-order chi connectivity index (χ1) is 26.2. The number of carbonyl (C=O) groups excluding carboxylic acids is 1. The van der Waals surface area contributed by atoms with Gasteiger partial charge in [-0.1, -0.05) is 159 Å². The SMILES string of the molecule is CCCCCCCCCCCCCC/C=C/[C@@H](O)C(=O)N[C@@H](CO[C@@H]1O[C@H](CO)[C@@H](O)[C@H](O)[C@H]1O)[C@H](O)/C=C/CCC/C=C(\C)CCCCCCCCC. The molecule has 1 saturated heterocycles. The minimum atomic E-state index is -1.62. The summed E-state index contributed by atoms with van der Waals surface area (Å²) in [7, 11) is 0. The monoisotopic (exact) mass is 768 g/mol. The van der Waals surface area contributed by atoms with E-state index in [1.807, 2.05) is 6.08 Å². The molecule has 0 aromatic heterocycles. The van der Waals surface area contributed by atoms with Crippen molar-refractivity contribution in [1.29, 1.82) is 0 Å². The number of nitrogens with one attached hydrogen (secondary N) is 1. The van der Waals surface area contributed by atoms with Crippen LogP contribution < -0.4 is 5.32 Å². The molecule has 1 aliphatic heterocycles. The van der Waals surface area contributed by atoms with E-state index in [0.29, 0.717) is 0 Å². The topological polar surface area (TPSA) is 169 Å². The fourth-order valence-corrected chi connectivity index (χ4v) is 6.73. The summed E-state index contributed by atoms with van der Waals surface area (Å²) in [5, 5.41) is 64.4. The van der Waals surface area contributed by atoms with Crippen molar-refractivity contribution in [2.75, 3.05) is 13.2 Å². The molecule has 1 amide bonds. The van der Waals surface area contributed by atoms with Crippen LogP contribution >= 0.6 is 0 Å². The Kier molecular flexibility index (Phi) is 31.3. The van der Waals surface area contributed by atoms with E-state index in [4.69, 9.17) is 9.47 Å². The second-order valence-corrected chi connectivity index (χ2v) is 15.5. The Bertz CT molecular complexity index is 987. The third kappa shape index (κ3) is 24.1. The molecule has 10 nitrogen and oxygen atoms in total. The van der Waals surface area contributed by atoms with E-state index in [1.54, 1.807) is 12.2 Å². The molecule has 0 unspecified atom stereocenters. The molecule has 7 N–H and O–H groups in total. The van der Waals surface area contributed by atoms with Crippen LogP contribution in [0, 0.1) is 0 Å². The van der Waals surface area contributed by atoms with Gasteiger partial charge in [-0.25, -0.2) is 0 Å². The van der Waals surface area contributed by atoms with Gasteiger partial charge < -0.3 is 45.4 Å². The van der Waals surface area contributed by atoms with E-state index in [1.165, 1.54) is 121 Å². The third-order valence-corrected chi connectivity index (χ3v) is 10.4. The lowest BCUT2D eigenvalue weighted by Crippen LogP contribution is -2.60. The number of rotatable bonds is 34. The molecule has 8 atom stereocenters. The largest absolute Gasteiger partial charge is 0.394 e. The van der Waals surface area contributed by atoms with Gasteiger partial charge in [-0.3, -0.25) is 4.79 Å². The third-order valence-electron chi connectivity index (χ3n) is 10.4.